The van der Waals surface area contributed by atoms with E-state index in [0.29, 0.717) is 13.1 Å². The van der Waals surface area contributed by atoms with E-state index >= 15 is 0 Å². The van der Waals surface area contributed by atoms with Crippen molar-refractivity contribution in [3.8, 4) is 5.75 Å². The molecule has 0 amide bonds. The largest absolute Gasteiger partial charge is 0.495 e. The number of halogens is 1. The monoisotopic (exact) mass is 295 g/mol. The maximum Gasteiger partial charge on any atom is 0.344 e. The molecule has 0 spiro atoms. The van der Waals surface area contributed by atoms with Crippen LogP contribution in [-0.2, 0) is 9.53 Å². The molecule has 1 saturated heterocycles. The Balaban J connectivity index is 2.11. The molecule has 0 atom stereocenters. The van der Waals surface area contributed by atoms with Gasteiger partial charge in [-0.15, -0.1) is 0 Å². The van der Waals surface area contributed by atoms with Crippen molar-refractivity contribution in [1.82, 2.24) is 0 Å². The first-order valence-electron chi connectivity index (χ1n) is 7.26. The van der Waals surface area contributed by atoms with Crippen LogP contribution in [0.3, 0.4) is 0 Å². The van der Waals surface area contributed by atoms with Crippen molar-refractivity contribution in [2.24, 2.45) is 0 Å². The van der Waals surface area contributed by atoms with Crippen molar-refractivity contribution in [3.63, 3.8) is 0 Å². The van der Waals surface area contributed by atoms with Gasteiger partial charge < -0.3 is 14.4 Å². The average Bonchev–Trinajstić information content (AvgIpc) is 2.48. The third-order valence-corrected chi connectivity index (χ3v) is 3.87. The summed E-state index contributed by atoms with van der Waals surface area (Å²) in [7, 11) is 1.62. The van der Waals surface area contributed by atoms with E-state index in [2.05, 4.69) is 4.90 Å². The summed E-state index contributed by atoms with van der Waals surface area (Å²) in [6.07, 6.45) is 0.284. The Morgan fingerprint density at radius 2 is 2.05 bits per heavy atom. The van der Waals surface area contributed by atoms with Crippen molar-refractivity contribution in [2.45, 2.75) is 32.4 Å². The summed E-state index contributed by atoms with van der Waals surface area (Å²) >= 11 is 0. The molecule has 4 nitrogen and oxygen atoms in total. The molecule has 0 radical (unpaired) electrons. The van der Waals surface area contributed by atoms with Crippen molar-refractivity contribution >= 4 is 11.7 Å². The number of carbonyl (C=O) groups is 1. The second kappa shape index (κ2) is 6.33. The Bertz CT molecular complexity index is 510. The molecule has 0 unspecified atom stereocenters. The highest BCUT2D eigenvalue weighted by atomic mass is 19.1. The van der Waals surface area contributed by atoms with Gasteiger partial charge >= 0.3 is 5.97 Å². The summed E-state index contributed by atoms with van der Waals surface area (Å²) in [4.78, 5) is 13.8. The molecule has 5 heteroatoms. The van der Waals surface area contributed by atoms with Crippen molar-refractivity contribution in [2.75, 3.05) is 31.7 Å². The van der Waals surface area contributed by atoms with Crippen LogP contribution in [0.4, 0.5) is 10.1 Å². The van der Waals surface area contributed by atoms with Crippen LogP contribution >= 0.6 is 0 Å². The molecule has 0 N–H and O–H groups in total. The maximum atomic E-state index is 14.6. The minimum absolute atomic E-state index is 0.142. The third kappa shape index (κ3) is 3.28. The van der Waals surface area contributed by atoms with Crippen LogP contribution in [-0.4, -0.2) is 38.4 Å². The number of alkyl halides is 1. The topological polar surface area (TPSA) is 38.8 Å². The maximum absolute atomic E-state index is 14.6. The summed E-state index contributed by atoms with van der Waals surface area (Å²) in [6.45, 7) is 4.84. The highest BCUT2D eigenvalue weighted by molar-refractivity contribution is 5.80. The van der Waals surface area contributed by atoms with Crippen LogP contribution in [0.25, 0.3) is 0 Å². The van der Waals surface area contributed by atoms with Gasteiger partial charge in [0.2, 0.25) is 5.67 Å². The normalized spacial score (nSPS) is 17.4. The molecule has 1 aliphatic rings. The molecule has 0 bridgehead atoms. The number of benzene rings is 1. The fourth-order valence-corrected chi connectivity index (χ4v) is 2.61. The second-order valence-corrected chi connectivity index (χ2v) is 5.35. The van der Waals surface area contributed by atoms with Crippen LogP contribution < -0.4 is 9.64 Å². The van der Waals surface area contributed by atoms with Gasteiger partial charge in [-0.2, -0.15) is 0 Å². The van der Waals surface area contributed by atoms with E-state index in [-0.39, 0.29) is 19.4 Å². The Kier molecular flexibility index (Phi) is 4.70. The number of hydrogen-bond donors (Lipinski definition) is 0. The summed E-state index contributed by atoms with van der Waals surface area (Å²) in [5.74, 6) is 0.0314. The molecule has 1 fully saturated rings. The number of anilines is 1. The minimum Gasteiger partial charge on any atom is -0.495 e. The standard InChI is InChI=1S/C16H22FNO3/c1-4-21-15(19)16(17)7-9-18(10-8-16)13-11-12(2)5-6-14(13)20-3/h5-6,11H,4,7-10H2,1-3H3. The van der Waals surface area contributed by atoms with Gasteiger partial charge in [0.25, 0.3) is 0 Å². The van der Waals surface area contributed by atoms with Gasteiger partial charge in [0.15, 0.2) is 0 Å². The molecule has 1 aromatic carbocycles. The first-order chi connectivity index (χ1) is 10.00. The van der Waals surface area contributed by atoms with Crippen LogP contribution in [0, 0.1) is 6.92 Å². The molecule has 0 aromatic heterocycles. The van der Waals surface area contributed by atoms with Gasteiger partial charge in [0.05, 0.1) is 19.4 Å². The highest BCUT2D eigenvalue weighted by Gasteiger charge is 2.43. The Labute approximate surface area is 124 Å². The van der Waals surface area contributed by atoms with E-state index < -0.39 is 11.6 Å². The molecule has 1 aliphatic heterocycles. The van der Waals surface area contributed by atoms with E-state index in [1.54, 1.807) is 14.0 Å². The lowest BCUT2D eigenvalue weighted by atomic mass is 9.93. The molecule has 1 aromatic rings. The van der Waals surface area contributed by atoms with Crippen molar-refractivity contribution in [1.29, 1.82) is 0 Å². The van der Waals surface area contributed by atoms with E-state index in [0.717, 1.165) is 17.0 Å². The highest BCUT2D eigenvalue weighted by Crippen LogP contribution is 2.35. The zero-order valence-electron chi connectivity index (χ0n) is 12.8. The van der Waals surface area contributed by atoms with Gasteiger partial charge in [-0.05, 0) is 31.5 Å². The summed E-state index contributed by atoms with van der Waals surface area (Å²) < 4.78 is 24.8. The number of aryl methyl sites for hydroxylation is 1. The second-order valence-electron chi connectivity index (χ2n) is 5.35. The van der Waals surface area contributed by atoms with E-state index in [9.17, 15) is 9.18 Å². The summed E-state index contributed by atoms with van der Waals surface area (Å²) in [6, 6.07) is 5.91. The van der Waals surface area contributed by atoms with Crippen LogP contribution in [0.5, 0.6) is 5.75 Å². The minimum atomic E-state index is -1.86. The van der Waals surface area contributed by atoms with Crippen molar-refractivity contribution in [3.05, 3.63) is 23.8 Å². The number of hydrogen-bond acceptors (Lipinski definition) is 4. The Morgan fingerprint density at radius 3 is 2.62 bits per heavy atom. The number of nitrogens with zero attached hydrogens (tertiary/aromatic N) is 1. The van der Waals surface area contributed by atoms with Crippen LogP contribution in [0.15, 0.2) is 18.2 Å². The van der Waals surface area contributed by atoms with Gasteiger partial charge in [-0.3, -0.25) is 0 Å². The van der Waals surface area contributed by atoms with E-state index in [4.69, 9.17) is 9.47 Å². The predicted octanol–water partition coefficient (Wildman–Crippen LogP) is 2.88. The smallest absolute Gasteiger partial charge is 0.344 e. The van der Waals surface area contributed by atoms with E-state index in [1.165, 1.54) is 0 Å². The Morgan fingerprint density at radius 1 is 1.38 bits per heavy atom. The molecule has 0 aliphatic carbocycles. The SMILES string of the molecule is CCOC(=O)C1(F)CCN(c2cc(C)ccc2OC)CC1. The van der Waals surface area contributed by atoms with Crippen LogP contribution in [0.1, 0.15) is 25.3 Å². The van der Waals surface area contributed by atoms with Gasteiger partial charge in [0.1, 0.15) is 5.75 Å². The summed E-state index contributed by atoms with van der Waals surface area (Å²) in [5.41, 5.74) is 0.209. The number of esters is 1. The van der Waals surface area contributed by atoms with Gasteiger partial charge in [-0.1, -0.05) is 6.07 Å². The number of methoxy groups -OCH3 is 1. The van der Waals surface area contributed by atoms with E-state index in [1.807, 2.05) is 25.1 Å². The number of ether oxygens (including phenoxy) is 2. The zero-order chi connectivity index (χ0) is 15.5. The molecular formula is C16H22FNO3. The molecule has 1 heterocycles. The number of piperidine rings is 1. The lowest BCUT2D eigenvalue weighted by molar-refractivity contribution is -0.158. The lowest BCUT2D eigenvalue weighted by Crippen LogP contribution is -2.47. The first kappa shape index (κ1) is 15.6. The third-order valence-electron chi connectivity index (χ3n) is 3.87. The van der Waals surface area contributed by atoms with Crippen molar-refractivity contribution < 1.29 is 18.7 Å². The fraction of sp³-hybridized carbons (Fsp3) is 0.562. The molecule has 21 heavy (non-hydrogen) atoms. The lowest BCUT2D eigenvalue weighted by Gasteiger charge is -2.36. The van der Waals surface area contributed by atoms with Gasteiger partial charge in [0, 0.05) is 25.9 Å². The summed E-state index contributed by atoms with van der Waals surface area (Å²) in [5, 5.41) is 0. The zero-order valence-corrected chi connectivity index (χ0v) is 12.8. The molecule has 0 saturated carbocycles. The number of carbonyl (C=O) groups excluding carboxylic acids is 1. The quantitative estimate of drug-likeness (QED) is 0.801. The molecule has 2 rings (SSSR count). The molecular weight excluding hydrogens is 273 g/mol. The Hall–Kier alpha value is -1.78. The predicted molar refractivity (Wildman–Crippen MR) is 79.7 cm³/mol. The average molecular weight is 295 g/mol. The fourth-order valence-electron chi connectivity index (χ4n) is 2.61. The molecule has 116 valence electrons. The number of rotatable bonds is 4. The van der Waals surface area contributed by atoms with Crippen LogP contribution in [0.2, 0.25) is 0 Å². The first-order valence-corrected chi connectivity index (χ1v) is 7.26. The van der Waals surface area contributed by atoms with Gasteiger partial charge in [-0.25, -0.2) is 9.18 Å².